The van der Waals surface area contributed by atoms with Crippen molar-refractivity contribution in [2.45, 2.75) is 0 Å². The number of benzene rings is 2. The molecule has 0 amide bonds. The molecule has 1 aliphatic rings. The minimum Gasteiger partial charge on any atom is -0.379 e. The van der Waals surface area contributed by atoms with E-state index in [1.165, 1.54) is 0 Å². The van der Waals surface area contributed by atoms with Crippen molar-refractivity contribution < 1.29 is 4.74 Å². The number of nitriles is 1. The lowest BCUT2D eigenvalue weighted by Gasteiger charge is -2.26. The highest BCUT2D eigenvalue weighted by Crippen LogP contribution is 2.28. The molecule has 1 N–H and O–H groups in total. The number of hydrogen-bond acceptors (Lipinski definition) is 6. The van der Waals surface area contributed by atoms with E-state index in [-0.39, 0.29) is 24.8 Å². The minimum atomic E-state index is 0. The molecule has 1 saturated heterocycles. The van der Waals surface area contributed by atoms with Crippen LogP contribution in [0.1, 0.15) is 5.56 Å². The van der Waals surface area contributed by atoms with Gasteiger partial charge in [0.2, 0.25) is 0 Å². The molecule has 0 aliphatic carbocycles. The highest BCUT2D eigenvalue weighted by Gasteiger charge is 2.12. The fourth-order valence-corrected chi connectivity index (χ4v) is 3.35. The molecule has 1 aliphatic heterocycles. The number of halogens is 2. The summed E-state index contributed by atoms with van der Waals surface area (Å²) < 4.78 is 5.36. The highest BCUT2D eigenvalue weighted by molar-refractivity contribution is 5.95. The predicted octanol–water partition coefficient (Wildman–Crippen LogP) is 3.76. The Morgan fingerprint density at radius 2 is 1.79 bits per heavy atom. The van der Waals surface area contributed by atoms with E-state index in [0.717, 1.165) is 55.7 Å². The van der Waals surface area contributed by atoms with Crippen molar-refractivity contribution in [1.82, 2.24) is 15.1 Å². The topological polar surface area (TPSA) is 74.1 Å². The van der Waals surface area contributed by atoms with Gasteiger partial charge in [0.05, 0.1) is 24.5 Å². The summed E-state index contributed by atoms with van der Waals surface area (Å²) in [6.07, 6.45) is 0. The smallest absolute Gasteiger partial charge is 0.166 e. The second-order valence-corrected chi connectivity index (χ2v) is 6.51. The molecule has 6 nitrogen and oxygen atoms in total. The Morgan fingerprint density at radius 3 is 2.59 bits per heavy atom. The number of morpholine rings is 1. The fourth-order valence-electron chi connectivity index (χ4n) is 3.35. The van der Waals surface area contributed by atoms with Gasteiger partial charge < -0.3 is 10.1 Å². The molecule has 0 saturated carbocycles. The molecule has 29 heavy (non-hydrogen) atoms. The first-order valence-corrected chi connectivity index (χ1v) is 9.15. The molecule has 0 bridgehead atoms. The Hall–Kier alpha value is -2.43. The van der Waals surface area contributed by atoms with E-state index in [1.54, 1.807) is 0 Å². The monoisotopic (exact) mass is 431 g/mol. The van der Waals surface area contributed by atoms with Gasteiger partial charge in [-0.05, 0) is 16.8 Å². The van der Waals surface area contributed by atoms with Gasteiger partial charge in [-0.1, -0.05) is 42.5 Å². The summed E-state index contributed by atoms with van der Waals surface area (Å²) in [5.74, 6) is 0.537. The maximum absolute atomic E-state index is 9.57. The van der Waals surface area contributed by atoms with E-state index in [4.69, 9.17) is 4.74 Å². The third kappa shape index (κ3) is 5.34. The predicted molar refractivity (Wildman–Crippen MR) is 120 cm³/mol. The molecule has 0 spiro atoms. The van der Waals surface area contributed by atoms with Crippen LogP contribution < -0.4 is 5.32 Å². The molecule has 152 valence electrons. The third-order valence-electron chi connectivity index (χ3n) is 4.80. The molecule has 2 heterocycles. The molecule has 0 atom stereocenters. The Morgan fingerprint density at radius 1 is 1.03 bits per heavy atom. The van der Waals surface area contributed by atoms with E-state index < -0.39 is 0 Å². The zero-order valence-corrected chi connectivity index (χ0v) is 17.5. The minimum absolute atomic E-state index is 0. The standard InChI is InChI=1S/C21H21N5O.2ClH/c22-15-17-14-20(19-7-3-5-16-4-1-2-6-18(16)19)24-25-21(17)23-8-9-26-10-12-27-13-11-26;;/h1-7,14H,8-13H2,(H,23,25);2*1H. The Balaban J connectivity index is 0.00000150. The average Bonchev–Trinajstić information content (AvgIpc) is 2.74. The average molecular weight is 432 g/mol. The summed E-state index contributed by atoms with van der Waals surface area (Å²) >= 11 is 0. The highest BCUT2D eigenvalue weighted by atomic mass is 35.5. The van der Waals surface area contributed by atoms with Crippen molar-refractivity contribution in [3.8, 4) is 17.3 Å². The van der Waals surface area contributed by atoms with E-state index in [0.29, 0.717) is 17.1 Å². The van der Waals surface area contributed by atoms with Gasteiger partial charge in [-0.15, -0.1) is 35.0 Å². The zero-order chi connectivity index (χ0) is 18.5. The van der Waals surface area contributed by atoms with Gasteiger partial charge in [-0.2, -0.15) is 5.26 Å². The van der Waals surface area contributed by atoms with Crippen LogP contribution in [0.5, 0.6) is 0 Å². The lowest BCUT2D eigenvalue weighted by atomic mass is 10.0. The van der Waals surface area contributed by atoms with Gasteiger partial charge in [0.1, 0.15) is 6.07 Å². The van der Waals surface area contributed by atoms with Crippen molar-refractivity contribution in [2.24, 2.45) is 0 Å². The first kappa shape index (κ1) is 22.9. The van der Waals surface area contributed by atoms with Gasteiger partial charge >= 0.3 is 0 Å². The van der Waals surface area contributed by atoms with Gasteiger partial charge in [-0.25, -0.2) is 0 Å². The maximum atomic E-state index is 9.57. The van der Waals surface area contributed by atoms with Crippen LogP contribution in [-0.2, 0) is 4.74 Å². The molecular weight excluding hydrogens is 409 g/mol. The number of ether oxygens (including phenoxy) is 1. The molecular formula is C21H23Cl2N5O. The Bertz CT molecular complexity index is 981. The number of anilines is 1. The van der Waals surface area contributed by atoms with Crippen molar-refractivity contribution in [1.29, 1.82) is 5.26 Å². The van der Waals surface area contributed by atoms with E-state index >= 15 is 0 Å². The largest absolute Gasteiger partial charge is 0.379 e. The summed E-state index contributed by atoms with van der Waals surface area (Å²) in [5.41, 5.74) is 2.20. The van der Waals surface area contributed by atoms with Gasteiger partial charge in [0.25, 0.3) is 0 Å². The lowest BCUT2D eigenvalue weighted by molar-refractivity contribution is 0.0398. The van der Waals surface area contributed by atoms with Crippen LogP contribution in [0, 0.1) is 11.3 Å². The summed E-state index contributed by atoms with van der Waals surface area (Å²) in [5, 5.41) is 23.7. The second kappa shape index (κ2) is 10.9. The summed E-state index contributed by atoms with van der Waals surface area (Å²) in [6, 6.07) is 18.3. The number of nitrogens with zero attached hydrogens (tertiary/aromatic N) is 4. The molecule has 0 unspecified atom stereocenters. The van der Waals surface area contributed by atoms with Crippen molar-refractivity contribution in [2.75, 3.05) is 44.7 Å². The molecule has 1 fully saturated rings. The number of aromatic nitrogens is 2. The SMILES string of the molecule is Cl.Cl.N#Cc1cc(-c2cccc3ccccc23)nnc1NCCN1CCOCC1. The number of rotatable bonds is 5. The molecule has 1 aromatic heterocycles. The first-order chi connectivity index (χ1) is 13.3. The Labute approximate surface area is 182 Å². The molecule has 4 rings (SSSR count). The van der Waals surface area contributed by atoms with Crippen LogP contribution in [0.25, 0.3) is 22.0 Å². The van der Waals surface area contributed by atoms with Crippen molar-refractivity contribution in [3.63, 3.8) is 0 Å². The maximum Gasteiger partial charge on any atom is 0.166 e. The van der Waals surface area contributed by atoms with Crippen molar-refractivity contribution in [3.05, 3.63) is 54.1 Å². The molecule has 3 aromatic rings. The number of nitrogens with one attached hydrogen (secondary N) is 1. The normalized spacial score (nSPS) is 13.8. The number of fused-ring (bicyclic) bond motifs is 1. The Kier molecular flexibility index (Phi) is 8.62. The van der Waals surface area contributed by atoms with Crippen LogP contribution in [0.4, 0.5) is 5.82 Å². The number of hydrogen-bond donors (Lipinski definition) is 1. The quantitative estimate of drug-likeness (QED) is 0.662. The third-order valence-corrected chi connectivity index (χ3v) is 4.80. The van der Waals surface area contributed by atoms with Gasteiger partial charge in [-0.3, -0.25) is 4.90 Å². The van der Waals surface area contributed by atoms with Gasteiger partial charge in [0.15, 0.2) is 5.82 Å². The van der Waals surface area contributed by atoms with Crippen LogP contribution in [0.15, 0.2) is 48.5 Å². The summed E-state index contributed by atoms with van der Waals surface area (Å²) in [6.45, 7) is 5.06. The van der Waals surface area contributed by atoms with Crippen LogP contribution in [-0.4, -0.2) is 54.5 Å². The lowest BCUT2D eigenvalue weighted by Crippen LogP contribution is -2.39. The molecule has 8 heteroatoms. The van der Waals surface area contributed by atoms with Crippen LogP contribution in [0.3, 0.4) is 0 Å². The molecule has 0 radical (unpaired) electrons. The van der Waals surface area contributed by atoms with Gasteiger partial charge in [0, 0.05) is 31.7 Å². The van der Waals surface area contributed by atoms with E-state index in [2.05, 4.69) is 44.7 Å². The fraction of sp³-hybridized carbons (Fsp3) is 0.286. The summed E-state index contributed by atoms with van der Waals surface area (Å²) in [7, 11) is 0. The van der Waals surface area contributed by atoms with E-state index in [9.17, 15) is 5.26 Å². The van der Waals surface area contributed by atoms with E-state index in [1.807, 2.05) is 30.3 Å². The first-order valence-electron chi connectivity index (χ1n) is 9.15. The van der Waals surface area contributed by atoms with Crippen LogP contribution in [0.2, 0.25) is 0 Å². The van der Waals surface area contributed by atoms with Crippen molar-refractivity contribution >= 4 is 41.4 Å². The summed E-state index contributed by atoms with van der Waals surface area (Å²) in [4.78, 5) is 2.33. The van der Waals surface area contributed by atoms with Crippen LogP contribution >= 0.6 is 24.8 Å². The second-order valence-electron chi connectivity index (χ2n) is 6.51. The zero-order valence-electron chi connectivity index (χ0n) is 15.9. The molecule has 2 aromatic carbocycles.